The lowest BCUT2D eigenvalue weighted by Gasteiger charge is -2.31. The fourth-order valence-electron chi connectivity index (χ4n) is 3.20. The van der Waals surface area contributed by atoms with E-state index in [1.54, 1.807) is 0 Å². The van der Waals surface area contributed by atoms with Gasteiger partial charge in [0.1, 0.15) is 0 Å². The van der Waals surface area contributed by atoms with Crippen LogP contribution in [0.4, 0.5) is 0 Å². The molecule has 1 N–H and O–H groups in total. The first-order valence-corrected chi connectivity index (χ1v) is 7.98. The van der Waals surface area contributed by atoms with Gasteiger partial charge in [0.2, 0.25) is 0 Å². The Morgan fingerprint density at radius 1 is 1.14 bits per heavy atom. The summed E-state index contributed by atoms with van der Waals surface area (Å²) in [4.78, 5) is 0. The summed E-state index contributed by atoms with van der Waals surface area (Å²) in [5, 5.41) is 8.81. The van der Waals surface area contributed by atoms with Crippen molar-refractivity contribution in [1.29, 1.82) is 0 Å². The summed E-state index contributed by atoms with van der Waals surface area (Å²) in [6, 6.07) is 8.13. The summed E-state index contributed by atoms with van der Waals surface area (Å²) in [5.74, 6) is 7.64. The highest BCUT2D eigenvalue weighted by Crippen LogP contribution is 2.30. The minimum Gasteiger partial charge on any atom is -0.395 e. The van der Waals surface area contributed by atoms with Crippen molar-refractivity contribution in [2.24, 2.45) is 11.8 Å². The minimum absolute atomic E-state index is 0.115. The first-order valence-electron chi connectivity index (χ1n) is 7.98. The van der Waals surface area contributed by atoms with Gasteiger partial charge in [0.05, 0.1) is 19.3 Å². The van der Waals surface area contributed by atoms with Crippen molar-refractivity contribution in [2.75, 3.05) is 6.61 Å². The molecule has 21 heavy (non-hydrogen) atoms. The molecule has 0 radical (unpaired) electrons. The number of aliphatic hydroxyl groups is 1. The number of aliphatic hydroxyl groups excluding tert-OH is 1. The molecular weight excluding hydrogens is 260 g/mol. The van der Waals surface area contributed by atoms with Gasteiger partial charge in [0.25, 0.3) is 0 Å². The van der Waals surface area contributed by atoms with Crippen molar-refractivity contribution in [3.8, 4) is 11.8 Å². The summed E-state index contributed by atoms with van der Waals surface area (Å²) < 4.78 is 6.14. The Morgan fingerprint density at radius 3 is 2.57 bits per heavy atom. The van der Waals surface area contributed by atoms with Gasteiger partial charge in [-0.1, -0.05) is 43.9 Å². The van der Waals surface area contributed by atoms with Crippen molar-refractivity contribution in [2.45, 2.75) is 52.2 Å². The van der Waals surface area contributed by atoms with Crippen LogP contribution in [0, 0.1) is 23.7 Å². The van der Waals surface area contributed by atoms with E-state index in [4.69, 9.17) is 9.84 Å². The monoisotopic (exact) mass is 286 g/mol. The minimum atomic E-state index is 0.115. The van der Waals surface area contributed by atoms with Gasteiger partial charge >= 0.3 is 0 Å². The Morgan fingerprint density at radius 2 is 1.86 bits per heavy atom. The zero-order chi connectivity index (χ0) is 15.1. The van der Waals surface area contributed by atoms with Gasteiger partial charge in [-0.05, 0) is 42.7 Å². The van der Waals surface area contributed by atoms with E-state index in [0.717, 1.165) is 23.0 Å². The van der Waals surface area contributed by atoms with Gasteiger partial charge < -0.3 is 9.84 Å². The summed E-state index contributed by atoms with van der Waals surface area (Å²) in [5.41, 5.74) is 2.16. The van der Waals surface area contributed by atoms with Gasteiger partial charge in [-0.25, -0.2) is 0 Å². The Hall–Kier alpha value is -1.30. The molecule has 0 aliphatic heterocycles. The van der Waals surface area contributed by atoms with Crippen molar-refractivity contribution in [3.63, 3.8) is 0 Å². The van der Waals surface area contributed by atoms with E-state index in [-0.39, 0.29) is 6.61 Å². The molecule has 0 spiro atoms. The number of benzene rings is 1. The lowest BCUT2D eigenvalue weighted by molar-refractivity contribution is -0.00922. The average molecular weight is 286 g/mol. The largest absolute Gasteiger partial charge is 0.395 e. The maximum Gasteiger partial charge on any atom is 0.0732 e. The maximum atomic E-state index is 8.81. The summed E-state index contributed by atoms with van der Waals surface area (Å²) >= 11 is 0. The van der Waals surface area contributed by atoms with Gasteiger partial charge in [0.15, 0.2) is 0 Å². The molecule has 0 bridgehead atoms. The van der Waals surface area contributed by atoms with Crippen LogP contribution in [0.3, 0.4) is 0 Å². The lowest BCUT2D eigenvalue weighted by Crippen LogP contribution is -2.26. The first kappa shape index (κ1) is 16.1. The quantitative estimate of drug-likeness (QED) is 0.854. The zero-order valence-corrected chi connectivity index (χ0v) is 13.1. The Kier molecular flexibility index (Phi) is 6.29. The van der Waals surface area contributed by atoms with Gasteiger partial charge in [-0.15, -0.1) is 0 Å². The molecule has 2 rings (SSSR count). The molecule has 1 aliphatic rings. The van der Waals surface area contributed by atoms with Crippen molar-refractivity contribution in [1.82, 2.24) is 0 Å². The fourth-order valence-corrected chi connectivity index (χ4v) is 3.20. The van der Waals surface area contributed by atoms with E-state index >= 15 is 0 Å². The van der Waals surface area contributed by atoms with Gasteiger partial charge in [-0.2, -0.15) is 0 Å². The number of hydrogen-bond donors (Lipinski definition) is 1. The number of rotatable bonds is 4. The summed E-state index contributed by atoms with van der Waals surface area (Å²) in [6.07, 6.45) is 4.56. The van der Waals surface area contributed by atoms with E-state index in [1.807, 2.05) is 18.2 Å². The predicted octanol–water partition coefficient (Wildman–Crippen LogP) is 3.76. The number of hydrogen-bond acceptors (Lipinski definition) is 2. The molecule has 0 amide bonds. The van der Waals surface area contributed by atoms with Crippen molar-refractivity contribution < 1.29 is 9.84 Å². The molecule has 2 atom stereocenters. The van der Waals surface area contributed by atoms with E-state index in [1.165, 1.54) is 19.3 Å². The first-order chi connectivity index (χ1) is 10.2. The molecule has 2 heteroatoms. The second kappa shape index (κ2) is 8.22. The predicted molar refractivity (Wildman–Crippen MR) is 85.8 cm³/mol. The van der Waals surface area contributed by atoms with Crippen LogP contribution in [0.25, 0.3) is 0 Å². The third-order valence-electron chi connectivity index (χ3n) is 4.09. The SMILES string of the molecule is CC1CC(C)CC(OCc2ccccc2C#CCCO)C1. The van der Waals surface area contributed by atoms with Gasteiger partial charge in [-0.3, -0.25) is 0 Å². The Labute approximate surface area is 128 Å². The molecule has 1 fully saturated rings. The van der Waals surface area contributed by atoms with Crippen LogP contribution in [0.5, 0.6) is 0 Å². The van der Waals surface area contributed by atoms with E-state index < -0.39 is 0 Å². The molecular formula is C19H26O2. The van der Waals surface area contributed by atoms with Crippen LogP contribution in [-0.2, 0) is 11.3 Å². The third-order valence-corrected chi connectivity index (χ3v) is 4.09. The third kappa shape index (κ3) is 5.19. The molecule has 2 nitrogen and oxygen atoms in total. The molecule has 1 saturated carbocycles. The standard InChI is InChI=1S/C19H26O2/c1-15-11-16(2)13-19(12-15)21-14-18-9-4-3-7-17(18)8-5-6-10-20/h3-4,7,9,15-16,19-20H,6,10-14H2,1-2H3. The molecule has 1 aromatic rings. The smallest absolute Gasteiger partial charge is 0.0732 e. The zero-order valence-electron chi connectivity index (χ0n) is 13.1. The molecule has 0 heterocycles. The maximum absolute atomic E-state index is 8.81. The summed E-state index contributed by atoms with van der Waals surface area (Å²) in [6.45, 7) is 5.39. The van der Waals surface area contributed by atoms with E-state index in [2.05, 4.69) is 31.8 Å². The molecule has 0 aromatic heterocycles. The van der Waals surface area contributed by atoms with Crippen LogP contribution in [0.2, 0.25) is 0 Å². The van der Waals surface area contributed by atoms with E-state index in [9.17, 15) is 0 Å². The molecule has 1 aromatic carbocycles. The second-order valence-corrected chi connectivity index (χ2v) is 6.28. The van der Waals surface area contributed by atoms with Crippen LogP contribution in [0.1, 0.15) is 50.7 Å². The summed E-state index contributed by atoms with van der Waals surface area (Å²) in [7, 11) is 0. The highest BCUT2D eigenvalue weighted by atomic mass is 16.5. The van der Waals surface area contributed by atoms with Crippen LogP contribution < -0.4 is 0 Å². The van der Waals surface area contributed by atoms with Crippen molar-refractivity contribution >= 4 is 0 Å². The highest BCUT2D eigenvalue weighted by molar-refractivity contribution is 5.40. The van der Waals surface area contributed by atoms with Crippen LogP contribution in [0.15, 0.2) is 24.3 Å². The molecule has 2 unspecified atom stereocenters. The Balaban J connectivity index is 1.95. The van der Waals surface area contributed by atoms with Gasteiger partial charge in [0, 0.05) is 12.0 Å². The van der Waals surface area contributed by atoms with Crippen LogP contribution >= 0.6 is 0 Å². The number of ether oxygens (including phenoxy) is 1. The highest BCUT2D eigenvalue weighted by Gasteiger charge is 2.24. The topological polar surface area (TPSA) is 29.5 Å². The molecule has 1 aliphatic carbocycles. The van der Waals surface area contributed by atoms with Crippen LogP contribution in [-0.4, -0.2) is 17.8 Å². The molecule has 114 valence electrons. The normalized spacial score (nSPS) is 25.2. The molecule has 0 saturated heterocycles. The second-order valence-electron chi connectivity index (χ2n) is 6.28. The average Bonchev–Trinajstić information content (AvgIpc) is 2.45. The Bertz CT molecular complexity index is 488. The lowest BCUT2D eigenvalue weighted by atomic mass is 9.82. The fraction of sp³-hybridized carbons (Fsp3) is 0.579. The van der Waals surface area contributed by atoms with E-state index in [0.29, 0.717) is 19.1 Å². The van der Waals surface area contributed by atoms with Crippen molar-refractivity contribution in [3.05, 3.63) is 35.4 Å².